The van der Waals surface area contributed by atoms with Gasteiger partial charge in [-0.05, 0) is 87.4 Å². The third kappa shape index (κ3) is 1.79. The van der Waals surface area contributed by atoms with Gasteiger partial charge in [-0.1, -0.05) is 25.0 Å². The Hall–Kier alpha value is -0.790. The van der Waals surface area contributed by atoms with Gasteiger partial charge in [-0.2, -0.15) is 0 Å². The van der Waals surface area contributed by atoms with Crippen LogP contribution in [0.1, 0.15) is 72.1 Å². The van der Waals surface area contributed by atoms with Crippen LogP contribution in [0.3, 0.4) is 0 Å². The van der Waals surface area contributed by atoms with Gasteiger partial charge in [0.25, 0.3) is 0 Å². The molecule has 2 heteroatoms. The number of fused-ring (bicyclic) bond motifs is 2. The third-order valence-electron chi connectivity index (χ3n) is 8.85. The summed E-state index contributed by atoms with van der Waals surface area (Å²) in [6.45, 7) is 7.10. The van der Waals surface area contributed by atoms with E-state index in [1.165, 1.54) is 44.9 Å². The number of carbonyl (C=O) groups is 1. The van der Waals surface area contributed by atoms with E-state index >= 15 is 0 Å². The lowest BCUT2D eigenvalue weighted by atomic mass is 9.39. The van der Waals surface area contributed by atoms with Crippen LogP contribution in [0.4, 0.5) is 0 Å². The molecule has 6 atom stereocenters. The zero-order chi connectivity index (χ0) is 16.5. The number of esters is 1. The van der Waals surface area contributed by atoms with E-state index in [4.69, 9.17) is 4.74 Å². The molecule has 0 aromatic rings. The highest BCUT2D eigenvalue weighted by Crippen LogP contribution is 2.73. The molecule has 0 amide bonds. The number of hydrogen-bond donors (Lipinski definition) is 0. The summed E-state index contributed by atoms with van der Waals surface area (Å²) in [4.78, 5) is 12.7. The standard InChI is InChI=1S/C21H32O2/c1-14-12-16-6-7-17-19(2,18(22)23-4)9-5-10-20(17,3)21(16)11-8-15(14)13-21/h12,15-17H,5-11,13H2,1-4H3/t15-,16-,17?,19+,20?,21?/m0/s1. The second-order valence-electron chi connectivity index (χ2n) is 9.42. The molecule has 0 aromatic heterocycles. The second-order valence-corrected chi connectivity index (χ2v) is 9.42. The van der Waals surface area contributed by atoms with Crippen molar-refractivity contribution in [2.45, 2.75) is 72.1 Å². The zero-order valence-corrected chi connectivity index (χ0v) is 15.3. The smallest absolute Gasteiger partial charge is 0.311 e. The summed E-state index contributed by atoms with van der Waals surface area (Å²) in [5.74, 6) is 2.11. The Morgan fingerprint density at radius 1 is 1.17 bits per heavy atom. The molecule has 0 aromatic carbocycles. The van der Waals surface area contributed by atoms with Crippen molar-refractivity contribution in [3.05, 3.63) is 11.6 Å². The average molecular weight is 316 g/mol. The number of rotatable bonds is 1. The fourth-order valence-electron chi connectivity index (χ4n) is 7.65. The summed E-state index contributed by atoms with van der Waals surface area (Å²) in [5.41, 5.74) is 2.14. The van der Waals surface area contributed by atoms with Crippen LogP contribution in [-0.2, 0) is 9.53 Å². The molecule has 128 valence electrons. The summed E-state index contributed by atoms with van der Waals surface area (Å²) in [7, 11) is 1.57. The minimum Gasteiger partial charge on any atom is -0.469 e. The number of hydrogen-bond acceptors (Lipinski definition) is 2. The van der Waals surface area contributed by atoms with Crippen LogP contribution >= 0.6 is 0 Å². The van der Waals surface area contributed by atoms with Gasteiger partial charge in [-0.15, -0.1) is 0 Å². The van der Waals surface area contributed by atoms with Crippen molar-refractivity contribution < 1.29 is 9.53 Å². The first-order valence-corrected chi connectivity index (χ1v) is 9.64. The lowest BCUT2D eigenvalue weighted by Gasteiger charge is -2.65. The van der Waals surface area contributed by atoms with Gasteiger partial charge >= 0.3 is 5.97 Å². The Bertz CT molecular complexity index is 564. The van der Waals surface area contributed by atoms with Gasteiger partial charge in [-0.25, -0.2) is 0 Å². The zero-order valence-electron chi connectivity index (χ0n) is 15.3. The van der Waals surface area contributed by atoms with Crippen molar-refractivity contribution in [1.29, 1.82) is 0 Å². The maximum atomic E-state index is 12.7. The topological polar surface area (TPSA) is 26.3 Å². The molecule has 0 saturated heterocycles. The van der Waals surface area contributed by atoms with E-state index in [2.05, 4.69) is 26.8 Å². The van der Waals surface area contributed by atoms with E-state index in [0.29, 0.717) is 16.7 Å². The number of allylic oxidation sites excluding steroid dienone is 2. The Morgan fingerprint density at radius 3 is 2.70 bits per heavy atom. The molecule has 3 saturated carbocycles. The quantitative estimate of drug-likeness (QED) is 0.495. The monoisotopic (exact) mass is 316 g/mol. The van der Waals surface area contributed by atoms with Crippen molar-refractivity contribution in [3.63, 3.8) is 0 Å². The van der Waals surface area contributed by atoms with E-state index < -0.39 is 0 Å². The average Bonchev–Trinajstić information content (AvgIpc) is 2.92. The Kier molecular flexibility index (Phi) is 3.32. The maximum absolute atomic E-state index is 12.7. The number of carbonyl (C=O) groups excluding carboxylic acids is 1. The van der Waals surface area contributed by atoms with Crippen LogP contribution in [0.25, 0.3) is 0 Å². The second kappa shape index (κ2) is 4.86. The highest BCUT2D eigenvalue weighted by atomic mass is 16.5. The first-order valence-electron chi connectivity index (χ1n) is 9.64. The third-order valence-corrected chi connectivity index (χ3v) is 8.85. The van der Waals surface area contributed by atoms with Gasteiger partial charge in [0.2, 0.25) is 0 Å². The van der Waals surface area contributed by atoms with Crippen molar-refractivity contribution in [2.24, 2.45) is 34.0 Å². The fourth-order valence-corrected chi connectivity index (χ4v) is 7.65. The van der Waals surface area contributed by atoms with E-state index in [1.54, 1.807) is 12.7 Å². The summed E-state index contributed by atoms with van der Waals surface area (Å²) >= 11 is 0. The maximum Gasteiger partial charge on any atom is 0.311 e. The van der Waals surface area contributed by atoms with Gasteiger partial charge in [0, 0.05) is 0 Å². The van der Waals surface area contributed by atoms with E-state index in [1.807, 2.05) is 0 Å². The molecule has 4 aliphatic rings. The lowest BCUT2D eigenvalue weighted by Crippen LogP contribution is -2.60. The van der Waals surface area contributed by atoms with Crippen LogP contribution in [0.5, 0.6) is 0 Å². The summed E-state index contributed by atoms with van der Waals surface area (Å²) in [6, 6.07) is 0. The molecular formula is C21H32O2. The molecule has 1 spiro atoms. The lowest BCUT2D eigenvalue weighted by molar-refractivity contribution is -0.186. The van der Waals surface area contributed by atoms with Gasteiger partial charge in [0.15, 0.2) is 0 Å². The number of ether oxygens (including phenoxy) is 1. The number of methoxy groups -OCH3 is 1. The SMILES string of the molecule is COC(=O)[C@]1(C)CCCC2(C)C1CC[C@H]1C=C(C)[C@H]3CCC12C3. The summed E-state index contributed by atoms with van der Waals surface area (Å²) in [5, 5.41) is 0. The van der Waals surface area contributed by atoms with Crippen molar-refractivity contribution in [3.8, 4) is 0 Å². The van der Waals surface area contributed by atoms with Crippen LogP contribution in [0.15, 0.2) is 11.6 Å². The Morgan fingerprint density at radius 2 is 1.96 bits per heavy atom. The first kappa shape index (κ1) is 15.7. The van der Waals surface area contributed by atoms with Gasteiger partial charge < -0.3 is 4.74 Å². The minimum absolute atomic E-state index is 0.0420. The van der Waals surface area contributed by atoms with Crippen LogP contribution in [0.2, 0.25) is 0 Å². The molecular weight excluding hydrogens is 284 g/mol. The fraction of sp³-hybridized carbons (Fsp3) is 0.857. The highest BCUT2D eigenvalue weighted by Gasteiger charge is 2.67. The van der Waals surface area contributed by atoms with E-state index in [9.17, 15) is 4.79 Å². The van der Waals surface area contributed by atoms with Gasteiger partial charge in [0.05, 0.1) is 12.5 Å². The molecule has 0 N–H and O–H groups in total. The van der Waals surface area contributed by atoms with Gasteiger partial charge in [0.1, 0.15) is 0 Å². The summed E-state index contributed by atoms with van der Waals surface area (Å²) < 4.78 is 5.27. The molecule has 0 radical (unpaired) electrons. The van der Waals surface area contributed by atoms with Crippen molar-refractivity contribution >= 4 is 5.97 Å². The summed E-state index contributed by atoms with van der Waals surface area (Å²) in [6.07, 6.45) is 12.7. The van der Waals surface area contributed by atoms with Crippen LogP contribution in [0, 0.1) is 34.0 Å². The molecule has 4 rings (SSSR count). The molecule has 3 unspecified atom stereocenters. The molecule has 2 bridgehead atoms. The molecule has 2 nitrogen and oxygen atoms in total. The predicted molar refractivity (Wildman–Crippen MR) is 91.8 cm³/mol. The Balaban J connectivity index is 1.79. The van der Waals surface area contributed by atoms with Crippen LogP contribution < -0.4 is 0 Å². The molecule has 0 heterocycles. The Labute approximate surface area is 141 Å². The van der Waals surface area contributed by atoms with Crippen molar-refractivity contribution in [1.82, 2.24) is 0 Å². The van der Waals surface area contributed by atoms with E-state index in [0.717, 1.165) is 18.3 Å². The minimum atomic E-state index is -0.268. The predicted octanol–water partition coefficient (Wildman–Crippen LogP) is 5.13. The van der Waals surface area contributed by atoms with E-state index in [-0.39, 0.29) is 11.4 Å². The molecule has 3 fully saturated rings. The normalized spacial score (nSPS) is 51.5. The van der Waals surface area contributed by atoms with Gasteiger partial charge in [-0.3, -0.25) is 4.79 Å². The first-order chi connectivity index (χ1) is 10.9. The molecule has 4 aliphatic carbocycles. The van der Waals surface area contributed by atoms with Crippen LogP contribution in [-0.4, -0.2) is 13.1 Å². The molecule has 0 aliphatic heterocycles. The largest absolute Gasteiger partial charge is 0.469 e. The molecule has 23 heavy (non-hydrogen) atoms. The highest BCUT2D eigenvalue weighted by molar-refractivity contribution is 5.77. The van der Waals surface area contributed by atoms with Crippen molar-refractivity contribution in [2.75, 3.05) is 7.11 Å².